The second-order valence-electron chi connectivity index (χ2n) is 6.52. The van der Waals surface area contributed by atoms with Gasteiger partial charge < -0.3 is 10.6 Å². The Morgan fingerprint density at radius 1 is 1.24 bits per heavy atom. The van der Waals surface area contributed by atoms with Crippen LogP contribution in [-0.2, 0) is 12.7 Å². The van der Waals surface area contributed by atoms with Crippen LogP contribution in [0.15, 0.2) is 29.3 Å². The molecule has 0 amide bonds. The highest BCUT2D eigenvalue weighted by Crippen LogP contribution is 2.29. The molecule has 25 heavy (non-hydrogen) atoms. The van der Waals surface area contributed by atoms with Crippen molar-refractivity contribution in [3.8, 4) is 0 Å². The minimum Gasteiger partial charge on any atom is -0.357 e. The molecule has 1 aromatic rings. The van der Waals surface area contributed by atoms with Gasteiger partial charge in [-0.05, 0) is 51.4 Å². The zero-order valence-corrected chi connectivity index (χ0v) is 15.0. The summed E-state index contributed by atoms with van der Waals surface area (Å²) in [5.74, 6) is 0.679. The molecule has 1 fully saturated rings. The van der Waals surface area contributed by atoms with Crippen molar-refractivity contribution in [2.24, 2.45) is 4.99 Å². The molecular formula is C18H27F3N4. The normalized spacial score (nSPS) is 16.8. The van der Waals surface area contributed by atoms with Gasteiger partial charge >= 0.3 is 6.18 Å². The summed E-state index contributed by atoms with van der Waals surface area (Å²) in [7, 11) is 2.14. The van der Waals surface area contributed by atoms with Crippen LogP contribution in [0.1, 0.15) is 37.8 Å². The van der Waals surface area contributed by atoms with Crippen LogP contribution in [0.25, 0.3) is 0 Å². The maximum atomic E-state index is 12.6. The van der Waals surface area contributed by atoms with Crippen LogP contribution in [0.3, 0.4) is 0 Å². The molecule has 4 nitrogen and oxygen atoms in total. The third kappa shape index (κ3) is 6.23. The lowest BCUT2D eigenvalue weighted by atomic mass is 10.1. The van der Waals surface area contributed by atoms with Crippen LogP contribution in [0.5, 0.6) is 0 Å². The summed E-state index contributed by atoms with van der Waals surface area (Å²) in [4.78, 5) is 6.83. The molecule has 0 bridgehead atoms. The second kappa shape index (κ2) is 8.56. The summed E-state index contributed by atoms with van der Waals surface area (Å²) in [6.07, 6.45) is -1.77. The maximum absolute atomic E-state index is 12.6. The molecule has 2 N–H and O–H groups in total. The van der Waals surface area contributed by atoms with Crippen LogP contribution in [-0.4, -0.2) is 43.1 Å². The molecular weight excluding hydrogens is 329 g/mol. The number of rotatable bonds is 7. The predicted molar refractivity (Wildman–Crippen MR) is 94.5 cm³/mol. The van der Waals surface area contributed by atoms with E-state index in [1.165, 1.54) is 25.0 Å². The fourth-order valence-corrected chi connectivity index (χ4v) is 2.54. The number of nitrogens with zero attached hydrogens (tertiary/aromatic N) is 2. The Balaban J connectivity index is 1.89. The molecule has 0 heterocycles. The third-order valence-electron chi connectivity index (χ3n) is 4.43. The van der Waals surface area contributed by atoms with Crippen LogP contribution in [0.2, 0.25) is 0 Å². The Kier molecular flexibility index (Phi) is 6.70. The molecule has 140 valence electrons. The number of halogens is 3. The Hall–Kier alpha value is -1.76. The molecule has 2 rings (SSSR count). The van der Waals surface area contributed by atoms with E-state index in [2.05, 4.69) is 34.5 Å². The zero-order chi connectivity index (χ0) is 18.4. The van der Waals surface area contributed by atoms with E-state index in [1.807, 2.05) is 6.92 Å². The van der Waals surface area contributed by atoms with Gasteiger partial charge in [-0.3, -0.25) is 4.90 Å². The fraction of sp³-hybridized carbons (Fsp3) is 0.611. The average molecular weight is 356 g/mol. The number of alkyl halides is 3. The summed E-state index contributed by atoms with van der Waals surface area (Å²) in [6.45, 7) is 5.98. The van der Waals surface area contributed by atoms with E-state index in [1.54, 1.807) is 0 Å². The lowest BCUT2D eigenvalue weighted by Crippen LogP contribution is -2.45. The van der Waals surface area contributed by atoms with Gasteiger partial charge in [-0.15, -0.1) is 0 Å². The zero-order valence-electron chi connectivity index (χ0n) is 15.0. The molecule has 1 saturated carbocycles. The van der Waals surface area contributed by atoms with Gasteiger partial charge in [0, 0.05) is 25.2 Å². The summed E-state index contributed by atoms with van der Waals surface area (Å²) in [5, 5.41) is 6.48. The monoisotopic (exact) mass is 356 g/mol. The molecule has 0 aromatic heterocycles. The summed E-state index contributed by atoms with van der Waals surface area (Å²) < 4.78 is 37.8. The Morgan fingerprint density at radius 3 is 2.40 bits per heavy atom. The first-order valence-corrected chi connectivity index (χ1v) is 8.71. The van der Waals surface area contributed by atoms with Crippen molar-refractivity contribution in [2.45, 2.75) is 51.5 Å². The van der Waals surface area contributed by atoms with Gasteiger partial charge in [0.05, 0.1) is 12.1 Å². The van der Waals surface area contributed by atoms with Gasteiger partial charge in [-0.2, -0.15) is 13.2 Å². The number of hydrogen-bond donors (Lipinski definition) is 2. The van der Waals surface area contributed by atoms with Gasteiger partial charge in [0.15, 0.2) is 5.96 Å². The first kappa shape index (κ1) is 19.6. The molecule has 1 aromatic carbocycles. The van der Waals surface area contributed by atoms with Crippen molar-refractivity contribution in [3.63, 3.8) is 0 Å². The van der Waals surface area contributed by atoms with Crippen LogP contribution in [0, 0.1) is 0 Å². The largest absolute Gasteiger partial charge is 0.416 e. The van der Waals surface area contributed by atoms with E-state index in [4.69, 9.17) is 0 Å². The molecule has 0 radical (unpaired) electrons. The fourth-order valence-electron chi connectivity index (χ4n) is 2.54. The van der Waals surface area contributed by atoms with Gasteiger partial charge in [-0.25, -0.2) is 4.99 Å². The highest BCUT2D eigenvalue weighted by Gasteiger charge is 2.30. The minimum absolute atomic E-state index is 0.334. The highest BCUT2D eigenvalue weighted by molar-refractivity contribution is 5.79. The van der Waals surface area contributed by atoms with Gasteiger partial charge in [0.1, 0.15) is 0 Å². The van der Waals surface area contributed by atoms with Crippen molar-refractivity contribution < 1.29 is 13.2 Å². The lowest BCUT2D eigenvalue weighted by Gasteiger charge is -2.25. The topological polar surface area (TPSA) is 39.7 Å². The molecule has 1 aliphatic carbocycles. The number of guanidine groups is 1. The van der Waals surface area contributed by atoms with Gasteiger partial charge in [0.2, 0.25) is 0 Å². The van der Waals surface area contributed by atoms with Gasteiger partial charge in [0.25, 0.3) is 0 Å². The maximum Gasteiger partial charge on any atom is 0.416 e. The van der Waals surface area contributed by atoms with E-state index in [-0.39, 0.29) is 0 Å². The Labute approximate surface area is 147 Å². The average Bonchev–Trinajstić information content (AvgIpc) is 3.41. The van der Waals surface area contributed by atoms with Crippen LogP contribution in [0.4, 0.5) is 13.2 Å². The quantitative estimate of drug-likeness (QED) is 0.582. The summed E-state index contributed by atoms with van der Waals surface area (Å²) in [5.41, 5.74) is 0.107. The SMILES string of the molecule is CCNC(=NCc1ccc(C(F)(F)F)cc1)NCC(C)N(C)C1CC1. The summed E-state index contributed by atoms with van der Waals surface area (Å²) >= 11 is 0. The van der Waals surface area contributed by atoms with Crippen molar-refractivity contribution in [1.29, 1.82) is 0 Å². The molecule has 0 aliphatic heterocycles. The van der Waals surface area contributed by atoms with E-state index >= 15 is 0 Å². The van der Waals surface area contributed by atoms with E-state index in [9.17, 15) is 13.2 Å². The number of aliphatic imine (C=N–C) groups is 1. The first-order chi connectivity index (χ1) is 11.8. The first-order valence-electron chi connectivity index (χ1n) is 8.71. The number of nitrogens with one attached hydrogen (secondary N) is 2. The van der Waals surface area contributed by atoms with E-state index < -0.39 is 11.7 Å². The summed E-state index contributed by atoms with van der Waals surface area (Å²) in [6, 6.07) is 6.22. The molecule has 0 saturated heterocycles. The number of hydrogen-bond acceptors (Lipinski definition) is 2. The molecule has 0 spiro atoms. The molecule has 1 unspecified atom stereocenters. The van der Waals surface area contributed by atoms with Crippen LogP contribution >= 0.6 is 0 Å². The van der Waals surface area contributed by atoms with Crippen molar-refractivity contribution in [2.75, 3.05) is 20.1 Å². The smallest absolute Gasteiger partial charge is 0.357 e. The van der Waals surface area contributed by atoms with E-state index in [0.717, 1.165) is 30.8 Å². The predicted octanol–water partition coefficient (Wildman–Crippen LogP) is 3.24. The molecule has 1 atom stereocenters. The van der Waals surface area contributed by atoms with Crippen molar-refractivity contribution in [1.82, 2.24) is 15.5 Å². The van der Waals surface area contributed by atoms with Crippen molar-refractivity contribution >= 4 is 5.96 Å². The third-order valence-corrected chi connectivity index (χ3v) is 4.43. The Bertz CT molecular complexity index is 565. The molecule has 7 heteroatoms. The van der Waals surface area contributed by atoms with E-state index in [0.29, 0.717) is 24.6 Å². The number of benzene rings is 1. The lowest BCUT2D eigenvalue weighted by molar-refractivity contribution is -0.137. The van der Waals surface area contributed by atoms with Gasteiger partial charge in [-0.1, -0.05) is 12.1 Å². The Morgan fingerprint density at radius 2 is 1.88 bits per heavy atom. The van der Waals surface area contributed by atoms with Crippen molar-refractivity contribution in [3.05, 3.63) is 35.4 Å². The standard InChI is InChI=1S/C18H27F3N4/c1-4-22-17(23-11-13(2)25(3)16-9-10-16)24-12-14-5-7-15(8-6-14)18(19,20)21/h5-8,13,16H,4,9-12H2,1-3H3,(H2,22,23,24). The highest BCUT2D eigenvalue weighted by atomic mass is 19.4. The second-order valence-corrected chi connectivity index (χ2v) is 6.52. The minimum atomic E-state index is -4.30. The number of likely N-dealkylation sites (N-methyl/N-ethyl adjacent to an activating group) is 1. The van der Waals surface area contributed by atoms with Crippen LogP contribution < -0.4 is 10.6 Å². The molecule has 1 aliphatic rings.